The first-order valence-electron chi connectivity index (χ1n) is 27.8. The van der Waals surface area contributed by atoms with Gasteiger partial charge in [-0.15, -0.1) is 0 Å². The van der Waals surface area contributed by atoms with E-state index in [4.69, 9.17) is 23.3 Å². The molecule has 0 rings (SSSR count). The van der Waals surface area contributed by atoms with E-state index in [1.54, 1.807) is 0 Å². The van der Waals surface area contributed by atoms with Crippen LogP contribution in [0.1, 0.15) is 213 Å². The SMILES string of the molecule is CC/C=C\C/C=C\C/C=C\C/C=C\CCCCCCC(=O)OCC(COP(=O)(O)OCC(CO)OC(=O)CCCCCCC/C=C\CCCCCC)OC(=O)CCCC/C=C\C/C=C\C/C=C\C/C=C\CC. The fourth-order valence-electron chi connectivity index (χ4n) is 6.98. The summed E-state index contributed by atoms with van der Waals surface area (Å²) >= 11 is 0. The summed E-state index contributed by atoms with van der Waals surface area (Å²) in [6, 6.07) is 0. The van der Waals surface area contributed by atoms with Crippen molar-refractivity contribution in [3.8, 4) is 0 Å². The molecule has 0 aromatic carbocycles. The van der Waals surface area contributed by atoms with E-state index in [-0.39, 0.29) is 25.9 Å². The third-order valence-electron chi connectivity index (χ3n) is 11.2. The van der Waals surface area contributed by atoms with Crippen LogP contribution in [0.3, 0.4) is 0 Å². The number of unbranched alkanes of at least 4 members (excludes halogenated alkanes) is 15. The Labute approximate surface area is 437 Å². The number of phosphoric acid groups is 1. The molecule has 0 spiro atoms. The highest BCUT2D eigenvalue weighted by atomic mass is 31.2. The molecule has 0 radical (unpaired) electrons. The van der Waals surface area contributed by atoms with E-state index >= 15 is 0 Å². The van der Waals surface area contributed by atoms with Crippen LogP contribution in [-0.4, -0.2) is 66.5 Å². The number of hydrogen-bond donors (Lipinski definition) is 2. The second-order valence-corrected chi connectivity index (χ2v) is 19.4. The zero-order chi connectivity index (χ0) is 52.7. The lowest BCUT2D eigenvalue weighted by molar-refractivity contribution is -0.161. The summed E-state index contributed by atoms with van der Waals surface area (Å²) in [6.45, 7) is 4.30. The number of allylic oxidation sites excluding steroid dienone is 18. The Morgan fingerprint density at radius 3 is 1.15 bits per heavy atom. The van der Waals surface area contributed by atoms with Crippen LogP contribution in [0.15, 0.2) is 109 Å². The number of esters is 3. The van der Waals surface area contributed by atoms with Gasteiger partial charge in [0.15, 0.2) is 6.10 Å². The lowest BCUT2D eigenvalue weighted by Gasteiger charge is -2.21. The number of aliphatic hydroxyl groups excluding tert-OH is 1. The second kappa shape index (κ2) is 53.4. The van der Waals surface area contributed by atoms with Crippen molar-refractivity contribution in [2.45, 2.75) is 226 Å². The molecule has 2 N–H and O–H groups in total. The molecular weight excluding hydrogens is 928 g/mol. The van der Waals surface area contributed by atoms with Crippen LogP contribution in [0.2, 0.25) is 0 Å². The number of carbonyl (C=O) groups excluding carboxylic acids is 3. The van der Waals surface area contributed by atoms with Crippen molar-refractivity contribution in [2.24, 2.45) is 0 Å². The number of phosphoric ester groups is 1. The molecule has 11 nitrogen and oxygen atoms in total. The van der Waals surface area contributed by atoms with Crippen LogP contribution in [0.5, 0.6) is 0 Å². The Kier molecular flexibility index (Phi) is 50.6. The predicted molar refractivity (Wildman–Crippen MR) is 297 cm³/mol. The standard InChI is InChI=1S/C60H99O11P/c1-4-7-10-13-16-19-22-25-27-28-30-32-34-37-40-43-46-49-58(62)67-53-57(71-60(64)51-48-45-42-39-36-33-29-26-23-20-17-14-11-8-5-2)55-69-72(65,66)68-54-56(52-61)70-59(63)50-47-44-41-38-35-31-24-21-18-15-12-9-6-3/h7-8,10-11,16-17,19-21,24-27,29-30,32,36,39,56-57,61H,4-6,9,12-15,18,22-23,28,31,33-35,37-38,40-55H2,1-3H3,(H,65,66)/b10-7-,11-8-,19-16-,20-17-,24-21-,27-25-,29-26-,32-30-,39-36-. The zero-order valence-corrected chi connectivity index (χ0v) is 46.0. The quantitative estimate of drug-likeness (QED) is 0.0197. The number of aliphatic hydroxyl groups is 1. The van der Waals surface area contributed by atoms with Crippen LogP contribution >= 0.6 is 7.82 Å². The minimum Gasteiger partial charge on any atom is -0.462 e. The topological polar surface area (TPSA) is 155 Å². The van der Waals surface area contributed by atoms with Crippen molar-refractivity contribution in [2.75, 3.05) is 26.4 Å². The molecule has 0 aromatic heterocycles. The van der Waals surface area contributed by atoms with Gasteiger partial charge in [0.2, 0.25) is 0 Å². The maximum absolute atomic E-state index is 12.9. The Balaban J connectivity index is 4.85. The van der Waals surface area contributed by atoms with Gasteiger partial charge in [-0.3, -0.25) is 23.4 Å². The average molecular weight is 1030 g/mol. The molecular formula is C60H99O11P. The highest BCUT2D eigenvalue weighted by Gasteiger charge is 2.28. The van der Waals surface area contributed by atoms with Gasteiger partial charge in [-0.05, 0) is 122 Å². The molecule has 0 bridgehead atoms. The van der Waals surface area contributed by atoms with E-state index in [0.29, 0.717) is 19.3 Å². The normalized spacial score (nSPS) is 14.2. The summed E-state index contributed by atoms with van der Waals surface area (Å²) in [7, 11) is -4.77. The van der Waals surface area contributed by atoms with E-state index in [0.717, 1.165) is 128 Å². The lowest BCUT2D eigenvalue weighted by Crippen LogP contribution is -2.30. The van der Waals surface area contributed by atoms with E-state index in [1.165, 1.54) is 25.7 Å². The van der Waals surface area contributed by atoms with Crippen LogP contribution in [0.25, 0.3) is 0 Å². The van der Waals surface area contributed by atoms with E-state index in [9.17, 15) is 28.9 Å². The Morgan fingerprint density at radius 1 is 0.403 bits per heavy atom. The molecule has 72 heavy (non-hydrogen) atoms. The van der Waals surface area contributed by atoms with Crippen LogP contribution in [0.4, 0.5) is 0 Å². The smallest absolute Gasteiger partial charge is 0.462 e. The average Bonchev–Trinajstić information content (AvgIpc) is 3.37. The first-order chi connectivity index (χ1) is 35.2. The largest absolute Gasteiger partial charge is 0.472 e. The Hall–Kier alpha value is -3.86. The molecule has 0 fully saturated rings. The van der Waals surface area contributed by atoms with Gasteiger partial charge in [-0.25, -0.2) is 4.57 Å². The van der Waals surface area contributed by atoms with Gasteiger partial charge in [0.1, 0.15) is 12.7 Å². The minimum absolute atomic E-state index is 0.104. The third-order valence-corrected chi connectivity index (χ3v) is 12.1. The Morgan fingerprint density at radius 2 is 0.722 bits per heavy atom. The second-order valence-electron chi connectivity index (χ2n) is 18.0. The summed E-state index contributed by atoms with van der Waals surface area (Å²) in [5.74, 6) is -1.56. The zero-order valence-electron chi connectivity index (χ0n) is 45.1. The number of ether oxygens (including phenoxy) is 3. The first-order valence-corrected chi connectivity index (χ1v) is 29.3. The van der Waals surface area contributed by atoms with Gasteiger partial charge < -0.3 is 24.2 Å². The van der Waals surface area contributed by atoms with Gasteiger partial charge in [0.25, 0.3) is 0 Å². The maximum Gasteiger partial charge on any atom is 0.472 e. The van der Waals surface area contributed by atoms with Crippen LogP contribution in [-0.2, 0) is 42.2 Å². The van der Waals surface area contributed by atoms with Crippen molar-refractivity contribution in [1.82, 2.24) is 0 Å². The minimum atomic E-state index is -4.77. The summed E-state index contributed by atoms with van der Waals surface area (Å²) in [5, 5.41) is 9.79. The molecule has 0 saturated carbocycles. The summed E-state index contributed by atoms with van der Waals surface area (Å²) in [4.78, 5) is 48.4. The van der Waals surface area contributed by atoms with E-state index < -0.39 is 57.8 Å². The molecule has 0 heterocycles. The molecule has 0 aromatic rings. The molecule has 3 atom stereocenters. The van der Waals surface area contributed by atoms with Gasteiger partial charge in [0, 0.05) is 19.3 Å². The van der Waals surface area contributed by atoms with Crippen LogP contribution < -0.4 is 0 Å². The predicted octanol–water partition coefficient (Wildman–Crippen LogP) is 16.2. The summed E-state index contributed by atoms with van der Waals surface area (Å²) < 4.78 is 39.4. The molecule has 0 aliphatic carbocycles. The maximum atomic E-state index is 12.9. The third kappa shape index (κ3) is 51.1. The van der Waals surface area contributed by atoms with Gasteiger partial charge in [-0.1, -0.05) is 182 Å². The fraction of sp³-hybridized carbons (Fsp3) is 0.650. The number of hydrogen-bond acceptors (Lipinski definition) is 10. The molecule has 410 valence electrons. The van der Waals surface area contributed by atoms with Crippen molar-refractivity contribution in [1.29, 1.82) is 0 Å². The molecule has 0 amide bonds. The molecule has 3 unspecified atom stereocenters. The van der Waals surface area contributed by atoms with E-state index in [1.807, 2.05) is 0 Å². The summed E-state index contributed by atoms with van der Waals surface area (Å²) in [5.41, 5.74) is 0. The highest BCUT2D eigenvalue weighted by molar-refractivity contribution is 7.47. The highest BCUT2D eigenvalue weighted by Crippen LogP contribution is 2.43. The monoisotopic (exact) mass is 1030 g/mol. The van der Waals surface area contributed by atoms with Crippen molar-refractivity contribution in [3.05, 3.63) is 109 Å². The van der Waals surface area contributed by atoms with E-state index in [2.05, 4.69) is 130 Å². The molecule has 0 aliphatic rings. The fourth-order valence-corrected chi connectivity index (χ4v) is 7.76. The molecule has 12 heteroatoms. The van der Waals surface area contributed by atoms with Crippen molar-refractivity contribution < 1.29 is 52.2 Å². The van der Waals surface area contributed by atoms with Gasteiger partial charge in [0.05, 0.1) is 19.8 Å². The lowest BCUT2D eigenvalue weighted by atomic mass is 10.1. The first kappa shape index (κ1) is 68.1. The Bertz CT molecular complexity index is 1620. The van der Waals surface area contributed by atoms with Gasteiger partial charge >= 0.3 is 25.7 Å². The summed E-state index contributed by atoms with van der Waals surface area (Å²) in [6.07, 6.45) is 63.4. The van der Waals surface area contributed by atoms with Crippen molar-refractivity contribution >= 4 is 25.7 Å². The van der Waals surface area contributed by atoms with Gasteiger partial charge in [-0.2, -0.15) is 0 Å². The number of rotatable bonds is 50. The molecule has 0 aliphatic heterocycles. The number of carbonyl (C=O) groups is 3. The van der Waals surface area contributed by atoms with Crippen molar-refractivity contribution in [3.63, 3.8) is 0 Å². The van der Waals surface area contributed by atoms with Crippen LogP contribution in [0, 0.1) is 0 Å². The molecule has 0 saturated heterocycles.